The van der Waals surface area contributed by atoms with Gasteiger partial charge in [-0.3, -0.25) is 10.1 Å². The minimum absolute atomic E-state index is 0.117. The van der Waals surface area contributed by atoms with Gasteiger partial charge in [-0.15, -0.1) is 0 Å². The molecule has 2 N–H and O–H groups in total. The molecule has 0 radical (unpaired) electrons. The fraction of sp³-hybridized carbons (Fsp3) is 0.562. The monoisotopic (exact) mass is 293 g/mol. The normalized spacial score (nSPS) is 19.4. The summed E-state index contributed by atoms with van der Waals surface area (Å²) in [6.45, 7) is 3.99. The standard InChI is InChI=1S/C16H23NO4/c1-2-8-20-13-6-3-5-12(10-13)15(16(18)19)17-11-14-7-4-9-21-14/h3,5-6,10,14-15,17H,2,4,7-9,11H2,1H3,(H,18,19). The van der Waals surface area contributed by atoms with E-state index in [2.05, 4.69) is 5.32 Å². The predicted molar refractivity (Wildman–Crippen MR) is 79.6 cm³/mol. The van der Waals surface area contributed by atoms with Crippen molar-refractivity contribution in [2.75, 3.05) is 19.8 Å². The van der Waals surface area contributed by atoms with E-state index in [0.29, 0.717) is 24.5 Å². The van der Waals surface area contributed by atoms with E-state index in [1.807, 2.05) is 19.1 Å². The largest absolute Gasteiger partial charge is 0.494 e. The topological polar surface area (TPSA) is 67.8 Å². The maximum Gasteiger partial charge on any atom is 0.325 e. The van der Waals surface area contributed by atoms with Gasteiger partial charge in [0.1, 0.15) is 11.8 Å². The fourth-order valence-electron chi connectivity index (χ4n) is 2.41. The van der Waals surface area contributed by atoms with Crippen LogP contribution in [0.15, 0.2) is 24.3 Å². The van der Waals surface area contributed by atoms with Crippen LogP contribution in [0, 0.1) is 0 Å². The molecule has 116 valence electrons. The molecule has 0 amide bonds. The number of rotatable bonds is 8. The van der Waals surface area contributed by atoms with Crippen LogP contribution in [-0.4, -0.2) is 36.9 Å². The van der Waals surface area contributed by atoms with Crippen LogP contribution in [0.3, 0.4) is 0 Å². The second kappa shape index (κ2) is 8.00. The summed E-state index contributed by atoms with van der Waals surface area (Å²) >= 11 is 0. The Labute approximate surface area is 125 Å². The summed E-state index contributed by atoms with van der Waals surface area (Å²) in [4.78, 5) is 11.5. The van der Waals surface area contributed by atoms with Gasteiger partial charge in [0.2, 0.25) is 0 Å². The van der Waals surface area contributed by atoms with E-state index in [9.17, 15) is 9.90 Å². The molecule has 21 heavy (non-hydrogen) atoms. The number of hydrogen-bond donors (Lipinski definition) is 2. The number of aliphatic carboxylic acids is 1. The summed E-state index contributed by atoms with van der Waals surface area (Å²) in [5.74, 6) is -0.180. The quantitative estimate of drug-likeness (QED) is 0.770. The third kappa shape index (κ3) is 4.72. The van der Waals surface area contributed by atoms with Crippen LogP contribution in [0.4, 0.5) is 0 Å². The number of hydrogen-bond acceptors (Lipinski definition) is 4. The molecule has 2 unspecified atom stereocenters. The molecule has 0 aliphatic carbocycles. The van der Waals surface area contributed by atoms with Crippen LogP contribution in [-0.2, 0) is 9.53 Å². The van der Waals surface area contributed by atoms with Crippen molar-refractivity contribution in [1.82, 2.24) is 5.32 Å². The van der Waals surface area contributed by atoms with Crippen molar-refractivity contribution in [2.24, 2.45) is 0 Å². The molecule has 5 nitrogen and oxygen atoms in total. The van der Waals surface area contributed by atoms with Crippen LogP contribution in [0.2, 0.25) is 0 Å². The van der Waals surface area contributed by atoms with Crippen LogP contribution < -0.4 is 10.1 Å². The highest BCUT2D eigenvalue weighted by Crippen LogP contribution is 2.21. The molecule has 2 atom stereocenters. The van der Waals surface area contributed by atoms with Crippen molar-refractivity contribution in [3.8, 4) is 5.75 Å². The average Bonchev–Trinajstić information content (AvgIpc) is 2.99. The van der Waals surface area contributed by atoms with Gasteiger partial charge in [-0.25, -0.2) is 0 Å². The molecule has 1 aromatic rings. The second-order valence-electron chi connectivity index (χ2n) is 5.24. The molecule has 0 bridgehead atoms. The number of nitrogens with one attached hydrogen (secondary N) is 1. The van der Waals surface area contributed by atoms with Gasteiger partial charge in [0, 0.05) is 13.2 Å². The Hall–Kier alpha value is -1.59. The molecular weight excluding hydrogens is 270 g/mol. The van der Waals surface area contributed by atoms with Gasteiger partial charge in [0.15, 0.2) is 0 Å². The zero-order valence-electron chi connectivity index (χ0n) is 12.4. The minimum atomic E-state index is -0.888. The molecule has 1 aromatic carbocycles. The Balaban J connectivity index is 2.00. The number of carboxylic acid groups (broad SMARTS) is 1. The Bertz CT molecular complexity index is 457. The van der Waals surface area contributed by atoms with Gasteiger partial charge in [-0.2, -0.15) is 0 Å². The number of carbonyl (C=O) groups is 1. The number of carboxylic acids is 1. The first-order chi connectivity index (χ1) is 10.2. The van der Waals surface area contributed by atoms with Gasteiger partial charge in [0.25, 0.3) is 0 Å². The lowest BCUT2D eigenvalue weighted by Crippen LogP contribution is -2.34. The van der Waals surface area contributed by atoms with Crippen LogP contribution >= 0.6 is 0 Å². The van der Waals surface area contributed by atoms with E-state index < -0.39 is 12.0 Å². The molecule has 0 aromatic heterocycles. The van der Waals surface area contributed by atoms with E-state index in [0.717, 1.165) is 25.9 Å². The molecule has 0 spiro atoms. The molecule has 2 rings (SSSR count). The molecule has 1 aliphatic rings. The van der Waals surface area contributed by atoms with Gasteiger partial charge in [-0.1, -0.05) is 19.1 Å². The molecule has 1 heterocycles. The molecule has 1 aliphatic heterocycles. The zero-order chi connectivity index (χ0) is 15.1. The Kier molecular flexibility index (Phi) is 6.02. The predicted octanol–water partition coefficient (Wildman–Crippen LogP) is 2.37. The van der Waals surface area contributed by atoms with Gasteiger partial charge < -0.3 is 14.6 Å². The third-order valence-corrected chi connectivity index (χ3v) is 3.48. The van der Waals surface area contributed by atoms with E-state index in [-0.39, 0.29) is 6.10 Å². The van der Waals surface area contributed by atoms with E-state index >= 15 is 0 Å². The first-order valence-corrected chi connectivity index (χ1v) is 7.51. The van der Waals surface area contributed by atoms with Gasteiger partial charge in [-0.05, 0) is 37.0 Å². The Morgan fingerprint density at radius 2 is 2.43 bits per heavy atom. The SMILES string of the molecule is CCCOc1cccc(C(NCC2CCCO2)C(=O)O)c1. The summed E-state index contributed by atoms with van der Waals surface area (Å²) in [5.41, 5.74) is 0.703. The van der Waals surface area contributed by atoms with Crippen molar-refractivity contribution in [2.45, 2.75) is 38.3 Å². The molecule has 5 heteroatoms. The zero-order valence-corrected chi connectivity index (χ0v) is 12.4. The Morgan fingerprint density at radius 1 is 1.57 bits per heavy atom. The second-order valence-corrected chi connectivity index (χ2v) is 5.24. The molecule has 1 fully saturated rings. The maximum atomic E-state index is 11.5. The van der Waals surface area contributed by atoms with Crippen LogP contribution in [0.5, 0.6) is 5.75 Å². The van der Waals surface area contributed by atoms with E-state index in [1.54, 1.807) is 12.1 Å². The van der Waals surface area contributed by atoms with Crippen LogP contribution in [0.25, 0.3) is 0 Å². The van der Waals surface area contributed by atoms with Crippen molar-refractivity contribution >= 4 is 5.97 Å². The maximum absolute atomic E-state index is 11.5. The number of ether oxygens (including phenoxy) is 2. The molecular formula is C16H23NO4. The first kappa shape index (κ1) is 15.8. The van der Waals surface area contributed by atoms with Crippen LogP contribution in [0.1, 0.15) is 37.8 Å². The van der Waals surface area contributed by atoms with Crippen molar-refractivity contribution in [1.29, 1.82) is 0 Å². The summed E-state index contributed by atoms with van der Waals surface area (Å²) in [7, 11) is 0. The highest BCUT2D eigenvalue weighted by Gasteiger charge is 2.23. The summed E-state index contributed by atoms with van der Waals surface area (Å²) in [5, 5.41) is 12.5. The van der Waals surface area contributed by atoms with Crippen molar-refractivity contribution < 1.29 is 19.4 Å². The fourth-order valence-corrected chi connectivity index (χ4v) is 2.41. The highest BCUT2D eigenvalue weighted by molar-refractivity contribution is 5.75. The Morgan fingerprint density at radius 3 is 3.10 bits per heavy atom. The molecule has 0 saturated carbocycles. The lowest BCUT2D eigenvalue weighted by atomic mass is 10.1. The highest BCUT2D eigenvalue weighted by atomic mass is 16.5. The lowest BCUT2D eigenvalue weighted by molar-refractivity contribution is -0.139. The van der Waals surface area contributed by atoms with Crippen molar-refractivity contribution in [3.05, 3.63) is 29.8 Å². The summed E-state index contributed by atoms with van der Waals surface area (Å²) < 4.78 is 11.1. The van der Waals surface area contributed by atoms with E-state index in [1.165, 1.54) is 0 Å². The minimum Gasteiger partial charge on any atom is -0.494 e. The third-order valence-electron chi connectivity index (χ3n) is 3.48. The van der Waals surface area contributed by atoms with Gasteiger partial charge >= 0.3 is 5.97 Å². The smallest absolute Gasteiger partial charge is 0.325 e. The number of benzene rings is 1. The van der Waals surface area contributed by atoms with Crippen molar-refractivity contribution in [3.63, 3.8) is 0 Å². The summed E-state index contributed by atoms with van der Waals surface area (Å²) in [6.07, 6.45) is 3.07. The first-order valence-electron chi connectivity index (χ1n) is 7.51. The van der Waals surface area contributed by atoms with Gasteiger partial charge in [0.05, 0.1) is 12.7 Å². The lowest BCUT2D eigenvalue weighted by Gasteiger charge is -2.18. The summed E-state index contributed by atoms with van der Waals surface area (Å²) in [6, 6.07) is 6.53. The average molecular weight is 293 g/mol. The molecule has 1 saturated heterocycles. The van der Waals surface area contributed by atoms with E-state index in [4.69, 9.17) is 9.47 Å².